The zero-order valence-electron chi connectivity index (χ0n) is 11.9. The molecule has 1 unspecified atom stereocenters. The van der Waals surface area contributed by atoms with Crippen molar-refractivity contribution in [2.75, 3.05) is 13.2 Å². The lowest BCUT2D eigenvalue weighted by Crippen LogP contribution is -2.23. The second-order valence-electron chi connectivity index (χ2n) is 4.54. The molecular formula is C16H20BrNO2. The summed E-state index contributed by atoms with van der Waals surface area (Å²) >= 11 is 3.47. The Balaban J connectivity index is 2.31. The van der Waals surface area contributed by atoms with Crippen molar-refractivity contribution in [3.05, 3.63) is 52.4 Å². The van der Waals surface area contributed by atoms with Crippen LogP contribution in [-0.2, 0) is 0 Å². The Morgan fingerprint density at radius 1 is 1.30 bits per heavy atom. The first-order valence-corrected chi connectivity index (χ1v) is 7.74. The van der Waals surface area contributed by atoms with Gasteiger partial charge in [-0.25, -0.2) is 0 Å². The molecule has 2 rings (SSSR count). The van der Waals surface area contributed by atoms with Gasteiger partial charge >= 0.3 is 0 Å². The number of hydrogen-bond donors (Lipinski definition) is 1. The Morgan fingerprint density at radius 2 is 2.15 bits per heavy atom. The fraction of sp³-hybridized carbons (Fsp3) is 0.375. The van der Waals surface area contributed by atoms with E-state index < -0.39 is 0 Å². The minimum atomic E-state index is 0.100. The van der Waals surface area contributed by atoms with E-state index in [1.165, 1.54) is 5.56 Å². The maximum Gasteiger partial charge on any atom is 0.174 e. The third kappa shape index (κ3) is 3.64. The molecule has 108 valence electrons. The monoisotopic (exact) mass is 337 g/mol. The van der Waals surface area contributed by atoms with Crippen LogP contribution in [0.1, 0.15) is 37.4 Å². The summed E-state index contributed by atoms with van der Waals surface area (Å²) in [7, 11) is 0. The van der Waals surface area contributed by atoms with Crippen LogP contribution in [0.15, 0.2) is 45.7 Å². The molecular weight excluding hydrogens is 318 g/mol. The van der Waals surface area contributed by atoms with Crippen molar-refractivity contribution in [2.45, 2.75) is 26.3 Å². The Kier molecular flexibility index (Phi) is 5.68. The molecule has 0 aliphatic rings. The highest BCUT2D eigenvalue weighted by Crippen LogP contribution is 2.31. The minimum absolute atomic E-state index is 0.100. The van der Waals surface area contributed by atoms with Crippen LogP contribution >= 0.6 is 15.9 Å². The Bertz CT molecular complexity index is 539. The summed E-state index contributed by atoms with van der Waals surface area (Å²) in [5.74, 6) is 0.896. The van der Waals surface area contributed by atoms with Crippen molar-refractivity contribution < 1.29 is 9.15 Å². The molecule has 0 bridgehead atoms. The third-order valence-corrected chi connectivity index (χ3v) is 3.70. The molecule has 4 heteroatoms. The first-order valence-electron chi connectivity index (χ1n) is 6.95. The van der Waals surface area contributed by atoms with Crippen LogP contribution in [-0.4, -0.2) is 13.2 Å². The van der Waals surface area contributed by atoms with Crippen LogP contribution in [0.25, 0.3) is 0 Å². The predicted octanol–water partition coefficient (Wildman–Crippen LogP) is 4.53. The quantitative estimate of drug-likeness (QED) is 0.805. The molecule has 0 spiro atoms. The maximum atomic E-state index is 5.59. The summed E-state index contributed by atoms with van der Waals surface area (Å²) in [5.41, 5.74) is 2.28. The molecule has 3 nitrogen and oxygen atoms in total. The molecule has 0 saturated heterocycles. The standard InChI is InChI=1S/C16H20BrNO2/c1-3-9-18-15(14-8-10-20-16(14)17)12-6-5-7-13(11-12)19-4-2/h5-8,10-11,15,18H,3-4,9H2,1-2H3. The van der Waals surface area contributed by atoms with Crippen LogP contribution in [0.4, 0.5) is 0 Å². The lowest BCUT2D eigenvalue weighted by molar-refractivity contribution is 0.339. The van der Waals surface area contributed by atoms with Gasteiger partial charge < -0.3 is 14.5 Å². The van der Waals surface area contributed by atoms with E-state index in [4.69, 9.17) is 9.15 Å². The lowest BCUT2D eigenvalue weighted by Gasteiger charge is -2.19. The maximum absolute atomic E-state index is 5.59. The van der Waals surface area contributed by atoms with Crippen LogP contribution in [0, 0.1) is 0 Å². The van der Waals surface area contributed by atoms with E-state index in [1.54, 1.807) is 6.26 Å². The molecule has 1 heterocycles. The van der Waals surface area contributed by atoms with Gasteiger partial charge in [-0.1, -0.05) is 19.1 Å². The fourth-order valence-electron chi connectivity index (χ4n) is 2.16. The van der Waals surface area contributed by atoms with Gasteiger partial charge in [0.25, 0.3) is 0 Å². The van der Waals surface area contributed by atoms with Gasteiger partial charge in [-0.15, -0.1) is 0 Å². The molecule has 20 heavy (non-hydrogen) atoms. The van der Waals surface area contributed by atoms with Gasteiger partial charge in [0.05, 0.1) is 18.9 Å². The van der Waals surface area contributed by atoms with E-state index in [0.717, 1.165) is 28.9 Å². The van der Waals surface area contributed by atoms with Crippen molar-refractivity contribution in [3.63, 3.8) is 0 Å². The summed E-state index contributed by atoms with van der Waals surface area (Å²) in [6.45, 7) is 5.77. The third-order valence-electron chi connectivity index (χ3n) is 3.06. The lowest BCUT2D eigenvalue weighted by atomic mass is 10.0. The molecule has 2 aromatic rings. The molecule has 0 fully saturated rings. The molecule has 0 aliphatic carbocycles. The van der Waals surface area contributed by atoms with Gasteiger partial charge in [-0.3, -0.25) is 0 Å². The smallest absolute Gasteiger partial charge is 0.174 e. The summed E-state index contributed by atoms with van der Waals surface area (Å²) in [5, 5.41) is 3.55. The zero-order chi connectivity index (χ0) is 14.4. The van der Waals surface area contributed by atoms with Crippen molar-refractivity contribution >= 4 is 15.9 Å². The second kappa shape index (κ2) is 7.50. The normalized spacial score (nSPS) is 12.3. The first kappa shape index (κ1) is 15.1. The van der Waals surface area contributed by atoms with Gasteiger partial charge in [0.1, 0.15) is 5.75 Å². The topological polar surface area (TPSA) is 34.4 Å². The Morgan fingerprint density at radius 3 is 2.80 bits per heavy atom. The minimum Gasteiger partial charge on any atom is -0.494 e. The summed E-state index contributed by atoms with van der Waals surface area (Å²) in [6, 6.07) is 10.3. The Hall–Kier alpha value is -1.26. The number of nitrogens with one attached hydrogen (secondary N) is 1. The number of ether oxygens (including phenoxy) is 1. The van der Waals surface area contributed by atoms with Crippen molar-refractivity contribution in [2.24, 2.45) is 0 Å². The van der Waals surface area contributed by atoms with Gasteiger partial charge in [-0.2, -0.15) is 0 Å². The number of benzene rings is 1. The average molecular weight is 338 g/mol. The Labute approximate surface area is 128 Å². The number of hydrogen-bond acceptors (Lipinski definition) is 3. The molecule has 1 atom stereocenters. The SMILES string of the molecule is CCCNC(c1cccc(OCC)c1)c1ccoc1Br. The molecule has 1 aromatic heterocycles. The second-order valence-corrected chi connectivity index (χ2v) is 5.26. The molecule has 0 radical (unpaired) electrons. The number of furan rings is 1. The number of rotatable bonds is 7. The summed E-state index contributed by atoms with van der Waals surface area (Å²) in [4.78, 5) is 0. The average Bonchev–Trinajstić information content (AvgIpc) is 2.87. The van der Waals surface area contributed by atoms with E-state index in [0.29, 0.717) is 6.61 Å². The summed E-state index contributed by atoms with van der Waals surface area (Å²) in [6.07, 6.45) is 2.78. The van der Waals surface area contributed by atoms with E-state index in [9.17, 15) is 0 Å². The van der Waals surface area contributed by atoms with Gasteiger partial charge in [-0.05, 0) is 59.6 Å². The van der Waals surface area contributed by atoms with Crippen LogP contribution in [0.5, 0.6) is 5.75 Å². The largest absolute Gasteiger partial charge is 0.494 e. The highest BCUT2D eigenvalue weighted by molar-refractivity contribution is 9.10. The molecule has 0 aliphatic heterocycles. The zero-order valence-corrected chi connectivity index (χ0v) is 13.4. The van der Waals surface area contributed by atoms with E-state index in [1.807, 2.05) is 25.1 Å². The molecule has 1 aromatic carbocycles. The molecule has 0 amide bonds. The highest BCUT2D eigenvalue weighted by Gasteiger charge is 2.18. The summed E-state index contributed by atoms with van der Waals surface area (Å²) < 4.78 is 11.7. The van der Waals surface area contributed by atoms with E-state index in [-0.39, 0.29) is 6.04 Å². The van der Waals surface area contributed by atoms with Crippen LogP contribution in [0.3, 0.4) is 0 Å². The molecule has 0 saturated carbocycles. The van der Waals surface area contributed by atoms with Crippen molar-refractivity contribution in [1.82, 2.24) is 5.32 Å². The number of halogens is 1. The van der Waals surface area contributed by atoms with Crippen LogP contribution in [0.2, 0.25) is 0 Å². The van der Waals surface area contributed by atoms with E-state index >= 15 is 0 Å². The van der Waals surface area contributed by atoms with E-state index in [2.05, 4.69) is 40.3 Å². The van der Waals surface area contributed by atoms with Gasteiger partial charge in [0, 0.05) is 5.56 Å². The van der Waals surface area contributed by atoms with Gasteiger partial charge in [0.15, 0.2) is 4.67 Å². The van der Waals surface area contributed by atoms with Gasteiger partial charge in [0.2, 0.25) is 0 Å². The van der Waals surface area contributed by atoms with Crippen molar-refractivity contribution in [1.29, 1.82) is 0 Å². The predicted molar refractivity (Wildman–Crippen MR) is 84.2 cm³/mol. The van der Waals surface area contributed by atoms with Crippen LogP contribution < -0.4 is 10.1 Å². The molecule has 1 N–H and O–H groups in total. The fourth-order valence-corrected chi connectivity index (χ4v) is 2.63. The first-order chi connectivity index (χ1) is 9.76. The highest BCUT2D eigenvalue weighted by atomic mass is 79.9. The van der Waals surface area contributed by atoms with Crippen molar-refractivity contribution in [3.8, 4) is 5.75 Å².